The fraction of sp³-hybridized carbons (Fsp3) is 0.357. The fourth-order valence-corrected chi connectivity index (χ4v) is 2.27. The summed E-state index contributed by atoms with van der Waals surface area (Å²) in [6, 6.07) is 10.2. The number of carbonyl (C=O) groups excluding carboxylic acids is 1. The van der Waals surface area contributed by atoms with Crippen LogP contribution < -0.4 is 0 Å². The van der Waals surface area contributed by atoms with E-state index in [1.807, 2.05) is 18.2 Å². The molecular formula is C14H16O. The molecule has 1 saturated carbocycles. The van der Waals surface area contributed by atoms with E-state index in [9.17, 15) is 4.79 Å². The lowest BCUT2D eigenvalue weighted by atomic mass is 9.97. The predicted octanol–water partition coefficient (Wildman–Crippen LogP) is 3.46. The van der Waals surface area contributed by atoms with Gasteiger partial charge in [0.25, 0.3) is 0 Å². The van der Waals surface area contributed by atoms with Crippen molar-refractivity contribution in [3.05, 3.63) is 41.5 Å². The average Bonchev–Trinajstić information content (AvgIpc) is 2.67. The van der Waals surface area contributed by atoms with Crippen molar-refractivity contribution < 1.29 is 4.79 Å². The van der Waals surface area contributed by atoms with Crippen molar-refractivity contribution in [2.45, 2.75) is 26.2 Å². The molecule has 15 heavy (non-hydrogen) atoms. The predicted molar refractivity (Wildman–Crippen MR) is 62.4 cm³/mol. The molecule has 1 aliphatic carbocycles. The maximum Gasteiger partial charge on any atom is 0.136 e. The Bertz CT molecular complexity index is 376. The van der Waals surface area contributed by atoms with Crippen LogP contribution in [0.2, 0.25) is 0 Å². The van der Waals surface area contributed by atoms with E-state index in [0.29, 0.717) is 5.78 Å². The van der Waals surface area contributed by atoms with Gasteiger partial charge in [-0.2, -0.15) is 0 Å². The molecule has 0 N–H and O–H groups in total. The SMILES string of the molecule is CC(=O)C1CCC/C1=C\c1ccccc1. The van der Waals surface area contributed by atoms with Crippen molar-refractivity contribution in [3.63, 3.8) is 0 Å². The lowest BCUT2D eigenvalue weighted by Gasteiger charge is -2.07. The summed E-state index contributed by atoms with van der Waals surface area (Å²) in [6.07, 6.45) is 5.45. The molecule has 0 aromatic heterocycles. The van der Waals surface area contributed by atoms with E-state index in [1.165, 1.54) is 11.1 Å². The number of hydrogen-bond acceptors (Lipinski definition) is 1. The normalized spacial score (nSPS) is 23.3. The van der Waals surface area contributed by atoms with Crippen molar-refractivity contribution in [2.75, 3.05) is 0 Å². The molecule has 1 atom stereocenters. The van der Waals surface area contributed by atoms with E-state index in [1.54, 1.807) is 6.92 Å². The van der Waals surface area contributed by atoms with Gasteiger partial charge < -0.3 is 0 Å². The Kier molecular flexibility index (Phi) is 3.00. The first-order valence-electron chi connectivity index (χ1n) is 5.53. The highest BCUT2D eigenvalue weighted by molar-refractivity contribution is 5.83. The number of ketones is 1. The van der Waals surface area contributed by atoms with Crippen LogP contribution in [0, 0.1) is 5.92 Å². The molecule has 1 unspecified atom stereocenters. The number of rotatable bonds is 2. The average molecular weight is 200 g/mol. The molecule has 0 bridgehead atoms. The van der Waals surface area contributed by atoms with Gasteiger partial charge in [0.15, 0.2) is 0 Å². The molecule has 1 aromatic rings. The zero-order valence-corrected chi connectivity index (χ0v) is 9.07. The number of allylic oxidation sites excluding steroid dienone is 1. The summed E-state index contributed by atoms with van der Waals surface area (Å²) < 4.78 is 0. The van der Waals surface area contributed by atoms with Crippen LogP contribution in [0.4, 0.5) is 0 Å². The summed E-state index contributed by atoms with van der Waals surface area (Å²) in [4.78, 5) is 11.4. The highest BCUT2D eigenvalue weighted by atomic mass is 16.1. The minimum absolute atomic E-state index is 0.185. The molecular weight excluding hydrogens is 184 g/mol. The third kappa shape index (κ3) is 2.35. The second kappa shape index (κ2) is 4.43. The smallest absolute Gasteiger partial charge is 0.136 e. The Morgan fingerprint density at radius 3 is 2.73 bits per heavy atom. The van der Waals surface area contributed by atoms with Gasteiger partial charge in [-0.1, -0.05) is 42.0 Å². The van der Waals surface area contributed by atoms with Gasteiger partial charge in [-0.05, 0) is 31.7 Å². The Balaban J connectivity index is 2.23. The van der Waals surface area contributed by atoms with Crippen LogP contribution in [0.15, 0.2) is 35.9 Å². The van der Waals surface area contributed by atoms with Crippen LogP contribution >= 0.6 is 0 Å². The molecule has 0 saturated heterocycles. The molecule has 0 amide bonds. The largest absolute Gasteiger partial charge is 0.299 e. The van der Waals surface area contributed by atoms with E-state index >= 15 is 0 Å². The third-order valence-electron chi connectivity index (χ3n) is 3.05. The van der Waals surface area contributed by atoms with Gasteiger partial charge in [0.1, 0.15) is 5.78 Å². The standard InChI is InChI=1S/C14H16O/c1-11(15)14-9-5-8-13(14)10-12-6-3-2-4-7-12/h2-4,6-7,10,14H,5,8-9H2,1H3/b13-10+. The second-order valence-corrected chi connectivity index (χ2v) is 4.19. The first kappa shape index (κ1) is 10.2. The molecule has 0 aliphatic heterocycles. The van der Waals surface area contributed by atoms with E-state index < -0.39 is 0 Å². The summed E-state index contributed by atoms with van der Waals surface area (Å²) in [6.45, 7) is 1.70. The van der Waals surface area contributed by atoms with E-state index in [-0.39, 0.29) is 5.92 Å². The summed E-state index contributed by atoms with van der Waals surface area (Å²) in [5, 5.41) is 0. The van der Waals surface area contributed by atoms with Crippen molar-refractivity contribution in [1.82, 2.24) is 0 Å². The second-order valence-electron chi connectivity index (χ2n) is 4.19. The zero-order valence-electron chi connectivity index (χ0n) is 9.07. The van der Waals surface area contributed by atoms with Crippen LogP contribution in [0.25, 0.3) is 6.08 Å². The van der Waals surface area contributed by atoms with Gasteiger partial charge in [-0.15, -0.1) is 0 Å². The van der Waals surface area contributed by atoms with Crippen LogP contribution in [-0.4, -0.2) is 5.78 Å². The third-order valence-corrected chi connectivity index (χ3v) is 3.05. The lowest BCUT2D eigenvalue weighted by Crippen LogP contribution is -2.07. The van der Waals surface area contributed by atoms with E-state index in [2.05, 4.69) is 18.2 Å². The molecule has 1 nitrogen and oxygen atoms in total. The summed E-state index contributed by atoms with van der Waals surface area (Å²) in [7, 11) is 0. The van der Waals surface area contributed by atoms with Crippen molar-refractivity contribution in [2.24, 2.45) is 5.92 Å². The molecule has 1 aliphatic rings. The number of carbonyl (C=O) groups is 1. The van der Waals surface area contributed by atoms with Crippen LogP contribution in [0.3, 0.4) is 0 Å². The minimum Gasteiger partial charge on any atom is -0.299 e. The van der Waals surface area contributed by atoms with Gasteiger partial charge in [-0.25, -0.2) is 0 Å². The first-order valence-corrected chi connectivity index (χ1v) is 5.53. The molecule has 2 rings (SSSR count). The zero-order chi connectivity index (χ0) is 10.7. The van der Waals surface area contributed by atoms with Crippen molar-refractivity contribution in [3.8, 4) is 0 Å². The van der Waals surface area contributed by atoms with Gasteiger partial charge >= 0.3 is 0 Å². The van der Waals surface area contributed by atoms with Crippen LogP contribution in [0.1, 0.15) is 31.7 Å². The molecule has 0 spiro atoms. The summed E-state index contributed by atoms with van der Waals surface area (Å²) in [5.74, 6) is 0.500. The fourth-order valence-electron chi connectivity index (χ4n) is 2.27. The van der Waals surface area contributed by atoms with Gasteiger partial charge in [0.05, 0.1) is 0 Å². The molecule has 0 heterocycles. The Morgan fingerprint density at radius 1 is 1.33 bits per heavy atom. The quantitative estimate of drug-likeness (QED) is 0.714. The number of Topliss-reactive ketones (excluding diaryl/α,β-unsaturated/α-hetero) is 1. The summed E-state index contributed by atoms with van der Waals surface area (Å²) in [5.41, 5.74) is 2.52. The maximum atomic E-state index is 11.4. The minimum atomic E-state index is 0.185. The molecule has 1 aromatic carbocycles. The Labute approximate surface area is 90.8 Å². The summed E-state index contributed by atoms with van der Waals surface area (Å²) >= 11 is 0. The maximum absolute atomic E-state index is 11.4. The van der Waals surface area contributed by atoms with Gasteiger partial charge in [-0.3, -0.25) is 4.79 Å². The Morgan fingerprint density at radius 2 is 2.07 bits per heavy atom. The van der Waals surface area contributed by atoms with Crippen molar-refractivity contribution in [1.29, 1.82) is 0 Å². The highest BCUT2D eigenvalue weighted by Crippen LogP contribution is 2.33. The monoisotopic (exact) mass is 200 g/mol. The number of benzene rings is 1. The molecule has 1 fully saturated rings. The van der Waals surface area contributed by atoms with Gasteiger partial charge in [0, 0.05) is 5.92 Å². The highest BCUT2D eigenvalue weighted by Gasteiger charge is 2.24. The van der Waals surface area contributed by atoms with Crippen LogP contribution in [0.5, 0.6) is 0 Å². The van der Waals surface area contributed by atoms with Gasteiger partial charge in [0.2, 0.25) is 0 Å². The van der Waals surface area contributed by atoms with Crippen molar-refractivity contribution >= 4 is 11.9 Å². The van der Waals surface area contributed by atoms with E-state index in [0.717, 1.165) is 19.3 Å². The lowest BCUT2D eigenvalue weighted by molar-refractivity contribution is -0.119. The topological polar surface area (TPSA) is 17.1 Å². The Hall–Kier alpha value is -1.37. The molecule has 0 radical (unpaired) electrons. The van der Waals surface area contributed by atoms with E-state index in [4.69, 9.17) is 0 Å². The molecule has 78 valence electrons. The number of hydrogen-bond donors (Lipinski definition) is 0. The van der Waals surface area contributed by atoms with Crippen LogP contribution in [-0.2, 0) is 4.79 Å². The molecule has 1 heteroatoms. The first-order chi connectivity index (χ1) is 7.27.